The molecule has 0 atom stereocenters. The van der Waals surface area contributed by atoms with Crippen molar-refractivity contribution < 1.29 is 4.39 Å². The summed E-state index contributed by atoms with van der Waals surface area (Å²) >= 11 is 7.27. The number of benzene rings is 1. The Bertz CT molecular complexity index is 577. The van der Waals surface area contributed by atoms with E-state index in [0.29, 0.717) is 5.75 Å². The molecule has 0 aliphatic heterocycles. The summed E-state index contributed by atoms with van der Waals surface area (Å²) in [6, 6.07) is 4.71. The molecule has 0 saturated heterocycles. The second-order valence-electron chi connectivity index (χ2n) is 4.47. The van der Waals surface area contributed by atoms with Crippen molar-refractivity contribution in [3.8, 4) is 0 Å². The number of thioether (sulfide) groups is 1. The standard InChI is InChI=1S/C13H17ClFN5S/c1-2-5-16-6-7-20-13(17-18-19-20)21-9-10-3-4-12(15)11(14)8-10/h3-4,8,16H,2,5-7,9H2,1H3. The fourth-order valence-corrected chi connectivity index (χ4v) is 2.75. The Balaban J connectivity index is 1.88. The number of nitrogens with zero attached hydrogens (tertiary/aromatic N) is 4. The van der Waals surface area contributed by atoms with Gasteiger partial charge in [0.25, 0.3) is 0 Å². The first-order valence-corrected chi connectivity index (χ1v) is 8.10. The van der Waals surface area contributed by atoms with Crippen molar-refractivity contribution in [3.63, 3.8) is 0 Å². The summed E-state index contributed by atoms with van der Waals surface area (Å²) in [7, 11) is 0. The van der Waals surface area contributed by atoms with E-state index in [-0.39, 0.29) is 5.02 Å². The summed E-state index contributed by atoms with van der Waals surface area (Å²) in [6.07, 6.45) is 1.10. The Hall–Kier alpha value is -1.18. The highest BCUT2D eigenvalue weighted by Crippen LogP contribution is 2.23. The summed E-state index contributed by atoms with van der Waals surface area (Å²) in [5.41, 5.74) is 0.935. The van der Waals surface area contributed by atoms with E-state index in [1.807, 2.05) is 0 Å². The SMILES string of the molecule is CCCNCCn1nnnc1SCc1ccc(F)c(Cl)c1. The molecule has 0 spiro atoms. The average molecular weight is 330 g/mol. The van der Waals surface area contributed by atoms with E-state index in [1.165, 1.54) is 17.8 Å². The van der Waals surface area contributed by atoms with Crippen LogP contribution >= 0.6 is 23.4 Å². The van der Waals surface area contributed by atoms with Gasteiger partial charge in [-0.05, 0) is 41.1 Å². The van der Waals surface area contributed by atoms with Gasteiger partial charge in [-0.15, -0.1) is 5.10 Å². The van der Waals surface area contributed by atoms with Crippen LogP contribution in [0.25, 0.3) is 0 Å². The molecule has 114 valence electrons. The molecule has 1 aromatic heterocycles. The molecule has 8 heteroatoms. The van der Waals surface area contributed by atoms with E-state index >= 15 is 0 Å². The van der Waals surface area contributed by atoms with Gasteiger partial charge >= 0.3 is 0 Å². The maximum Gasteiger partial charge on any atom is 0.209 e. The largest absolute Gasteiger partial charge is 0.315 e. The Morgan fingerprint density at radius 1 is 1.38 bits per heavy atom. The minimum atomic E-state index is -0.405. The average Bonchev–Trinajstić information content (AvgIpc) is 2.92. The molecule has 21 heavy (non-hydrogen) atoms. The van der Waals surface area contributed by atoms with E-state index in [9.17, 15) is 4.39 Å². The predicted molar refractivity (Wildman–Crippen MR) is 81.9 cm³/mol. The highest BCUT2D eigenvalue weighted by atomic mass is 35.5. The van der Waals surface area contributed by atoms with Crippen LogP contribution in [0.1, 0.15) is 18.9 Å². The normalized spacial score (nSPS) is 11.0. The molecule has 1 heterocycles. The van der Waals surface area contributed by atoms with Gasteiger partial charge in [-0.2, -0.15) is 0 Å². The number of aromatic nitrogens is 4. The molecular weight excluding hydrogens is 313 g/mol. The highest BCUT2D eigenvalue weighted by Gasteiger charge is 2.08. The van der Waals surface area contributed by atoms with Crippen LogP contribution < -0.4 is 5.32 Å². The van der Waals surface area contributed by atoms with E-state index in [1.54, 1.807) is 16.8 Å². The number of halogens is 2. The molecule has 2 rings (SSSR count). The number of hydrogen-bond donors (Lipinski definition) is 1. The van der Waals surface area contributed by atoms with Gasteiger partial charge in [-0.1, -0.05) is 36.4 Å². The van der Waals surface area contributed by atoms with Gasteiger partial charge in [-0.3, -0.25) is 0 Å². The van der Waals surface area contributed by atoms with Gasteiger partial charge in [-0.25, -0.2) is 9.07 Å². The van der Waals surface area contributed by atoms with Crippen molar-refractivity contribution in [1.29, 1.82) is 0 Å². The molecule has 1 N–H and O–H groups in total. The molecular formula is C13H17ClFN5S. The second kappa shape index (κ2) is 8.31. The van der Waals surface area contributed by atoms with Crippen LogP contribution in [0, 0.1) is 5.82 Å². The molecule has 5 nitrogen and oxygen atoms in total. The zero-order valence-electron chi connectivity index (χ0n) is 11.7. The summed E-state index contributed by atoms with van der Waals surface area (Å²) in [5, 5.41) is 15.8. The molecule has 2 aromatic rings. The first kappa shape index (κ1) is 16.2. The Morgan fingerprint density at radius 2 is 2.24 bits per heavy atom. The molecule has 0 radical (unpaired) electrons. The lowest BCUT2D eigenvalue weighted by atomic mass is 10.2. The third-order valence-electron chi connectivity index (χ3n) is 2.78. The van der Waals surface area contributed by atoms with Gasteiger partial charge in [0.1, 0.15) is 5.82 Å². The summed E-state index contributed by atoms with van der Waals surface area (Å²) < 4.78 is 14.9. The number of nitrogens with one attached hydrogen (secondary N) is 1. The lowest BCUT2D eigenvalue weighted by Gasteiger charge is -2.06. The van der Waals surface area contributed by atoms with E-state index < -0.39 is 5.82 Å². The molecule has 0 fully saturated rings. The minimum Gasteiger partial charge on any atom is -0.315 e. The fourth-order valence-electron chi connectivity index (χ4n) is 1.70. The van der Waals surface area contributed by atoms with Crippen LogP contribution in [0.15, 0.2) is 23.4 Å². The van der Waals surface area contributed by atoms with E-state index in [0.717, 1.165) is 36.8 Å². The third-order valence-corrected chi connectivity index (χ3v) is 4.10. The van der Waals surface area contributed by atoms with Gasteiger partial charge in [0, 0.05) is 12.3 Å². The molecule has 0 bridgehead atoms. The van der Waals surface area contributed by atoms with Gasteiger partial charge < -0.3 is 5.32 Å². The summed E-state index contributed by atoms with van der Waals surface area (Å²) in [4.78, 5) is 0. The minimum absolute atomic E-state index is 0.136. The maximum atomic E-state index is 13.1. The number of hydrogen-bond acceptors (Lipinski definition) is 5. The van der Waals surface area contributed by atoms with Crippen LogP contribution in [0.2, 0.25) is 5.02 Å². The smallest absolute Gasteiger partial charge is 0.209 e. The summed E-state index contributed by atoms with van der Waals surface area (Å²) in [6.45, 7) is 4.66. The molecule has 0 aliphatic rings. The zero-order valence-corrected chi connectivity index (χ0v) is 13.3. The van der Waals surface area contributed by atoms with Crippen molar-refractivity contribution in [2.24, 2.45) is 0 Å². The quantitative estimate of drug-likeness (QED) is 0.596. The third kappa shape index (κ3) is 4.94. The van der Waals surface area contributed by atoms with Crippen LogP contribution in [0.4, 0.5) is 4.39 Å². The van der Waals surface area contributed by atoms with Gasteiger partial charge in [0.2, 0.25) is 5.16 Å². The van der Waals surface area contributed by atoms with Crippen LogP contribution in [-0.4, -0.2) is 33.3 Å². The van der Waals surface area contributed by atoms with E-state index in [2.05, 4.69) is 27.8 Å². The lowest BCUT2D eigenvalue weighted by Crippen LogP contribution is -2.21. The molecule has 0 amide bonds. The second-order valence-corrected chi connectivity index (χ2v) is 5.82. The van der Waals surface area contributed by atoms with E-state index in [4.69, 9.17) is 11.6 Å². The number of rotatable bonds is 8. The van der Waals surface area contributed by atoms with Gasteiger partial charge in [0.05, 0.1) is 11.6 Å². The Labute approximate surface area is 132 Å². The first-order chi connectivity index (χ1) is 10.2. The fraction of sp³-hybridized carbons (Fsp3) is 0.462. The van der Waals surface area contributed by atoms with Crippen LogP contribution in [0.3, 0.4) is 0 Å². The molecule has 1 aromatic carbocycles. The lowest BCUT2D eigenvalue weighted by molar-refractivity contribution is 0.510. The maximum absolute atomic E-state index is 13.1. The van der Waals surface area contributed by atoms with Crippen LogP contribution in [-0.2, 0) is 12.3 Å². The van der Waals surface area contributed by atoms with Crippen molar-refractivity contribution in [2.75, 3.05) is 13.1 Å². The molecule has 0 aliphatic carbocycles. The predicted octanol–water partition coefficient (Wildman–Crippen LogP) is 2.76. The Morgan fingerprint density at radius 3 is 3.00 bits per heavy atom. The summed E-state index contributed by atoms with van der Waals surface area (Å²) in [5.74, 6) is 0.236. The monoisotopic (exact) mass is 329 g/mol. The van der Waals surface area contributed by atoms with Gasteiger partial charge in [0.15, 0.2) is 0 Å². The highest BCUT2D eigenvalue weighted by molar-refractivity contribution is 7.98. The van der Waals surface area contributed by atoms with Crippen molar-refractivity contribution >= 4 is 23.4 Å². The Kier molecular flexibility index (Phi) is 6.41. The molecule has 0 saturated carbocycles. The number of tetrazole rings is 1. The van der Waals surface area contributed by atoms with Crippen LogP contribution in [0.5, 0.6) is 0 Å². The molecule has 0 unspecified atom stereocenters. The van der Waals surface area contributed by atoms with Crippen molar-refractivity contribution in [2.45, 2.75) is 30.8 Å². The zero-order chi connectivity index (χ0) is 15.1. The first-order valence-electron chi connectivity index (χ1n) is 6.74. The topological polar surface area (TPSA) is 55.6 Å². The van der Waals surface area contributed by atoms with Crippen molar-refractivity contribution in [3.05, 3.63) is 34.6 Å². The van der Waals surface area contributed by atoms with Crippen molar-refractivity contribution in [1.82, 2.24) is 25.5 Å².